The minimum Gasteiger partial charge on any atom is -0.392 e. The molecule has 1 saturated heterocycles. The summed E-state index contributed by atoms with van der Waals surface area (Å²) in [4.78, 5) is 11.2. The van der Waals surface area contributed by atoms with Crippen molar-refractivity contribution >= 4 is 0 Å². The van der Waals surface area contributed by atoms with E-state index in [1.54, 1.807) is 6.20 Å². The summed E-state index contributed by atoms with van der Waals surface area (Å²) in [7, 11) is 0. The van der Waals surface area contributed by atoms with Crippen LogP contribution in [0.2, 0.25) is 0 Å². The Labute approximate surface area is 135 Å². The molecule has 4 rings (SSSR count). The Morgan fingerprint density at radius 3 is 2.83 bits per heavy atom. The zero-order chi connectivity index (χ0) is 15.6. The van der Waals surface area contributed by atoms with E-state index in [1.165, 1.54) is 32.1 Å². The van der Waals surface area contributed by atoms with E-state index in [9.17, 15) is 5.11 Å². The van der Waals surface area contributed by atoms with Crippen LogP contribution in [0.5, 0.6) is 0 Å². The van der Waals surface area contributed by atoms with Gasteiger partial charge in [0.15, 0.2) is 0 Å². The van der Waals surface area contributed by atoms with Gasteiger partial charge in [-0.1, -0.05) is 30.5 Å². The van der Waals surface area contributed by atoms with Gasteiger partial charge < -0.3 is 9.63 Å². The van der Waals surface area contributed by atoms with Crippen LogP contribution in [0.4, 0.5) is 0 Å². The minimum atomic E-state index is -0.313. The van der Waals surface area contributed by atoms with Crippen LogP contribution >= 0.6 is 0 Å². The van der Waals surface area contributed by atoms with E-state index >= 15 is 0 Å². The Morgan fingerprint density at radius 2 is 2.04 bits per heavy atom. The van der Waals surface area contributed by atoms with E-state index < -0.39 is 0 Å². The molecule has 0 aromatic carbocycles. The molecular weight excluding hydrogens is 292 g/mol. The van der Waals surface area contributed by atoms with Crippen LogP contribution in [0.15, 0.2) is 28.9 Å². The van der Waals surface area contributed by atoms with Crippen molar-refractivity contribution in [3.63, 3.8) is 0 Å². The third-order valence-corrected chi connectivity index (χ3v) is 4.98. The third-order valence-electron chi connectivity index (χ3n) is 4.98. The highest BCUT2D eigenvalue weighted by Crippen LogP contribution is 2.37. The van der Waals surface area contributed by atoms with Crippen LogP contribution in [0, 0.1) is 0 Å². The summed E-state index contributed by atoms with van der Waals surface area (Å²) in [5.74, 6) is 1.12. The average molecular weight is 314 g/mol. The first-order valence-corrected chi connectivity index (χ1v) is 8.50. The van der Waals surface area contributed by atoms with E-state index in [0.29, 0.717) is 36.4 Å². The number of pyridine rings is 1. The van der Waals surface area contributed by atoms with Gasteiger partial charge in [0.25, 0.3) is 0 Å². The molecule has 2 aliphatic rings. The zero-order valence-corrected chi connectivity index (χ0v) is 13.1. The number of hydrogen-bond donors (Lipinski definition) is 1. The Hall–Kier alpha value is -1.79. The summed E-state index contributed by atoms with van der Waals surface area (Å²) in [5.41, 5.74) is 0.713. The first kappa shape index (κ1) is 14.8. The summed E-state index contributed by atoms with van der Waals surface area (Å²) >= 11 is 0. The van der Waals surface area contributed by atoms with Crippen molar-refractivity contribution < 1.29 is 9.63 Å². The number of aliphatic hydroxyl groups is 1. The van der Waals surface area contributed by atoms with E-state index in [-0.39, 0.29) is 12.1 Å². The number of nitrogens with zero attached hydrogens (tertiary/aromatic N) is 4. The molecule has 23 heavy (non-hydrogen) atoms. The average Bonchev–Trinajstić information content (AvgIpc) is 3.23. The highest BCUT2D eigenvalue weighted by Gasteiger charge is 2.39. The predicted molar refractivity (Wildman–Crippen MR) is 84.5 cm³/mol. The van der Waals surface area contributed by atoms with Crippen LogP contribution < -0.4 is 0 Å². The lowest BCUT2D eigenvalue weighted by atomic mass is 9.94. The molecule has 2 aromatic rings. The predicted octanol–water partition coefficient (Wildman–Crippen LogP) is 2.57. The number of β-amino-alcohol motifs (C(OH)–C–C–N with tert-alkyl or cyclic N) is 1. The molecule has 1 N–H and O–H groups in total. The van der Waals surface area contributed by atoms with E-state index in [1.807, 2.05) is 18.2 Å². The van der Waals surface area contributed by atoms with Gasteiger partial charge in [0.1, 0.15) is 5.69 Å². The SMILES string of the molecule is OC1CC(c2nc(-c3ccccn3)no2)N(C2CCCCC2)C1. The van der Waals surface area contributed by atoms with Crippen molar-refractivity contribution in [2.45, 2.75) is 56.7 Å². The van der Waals surface area contributed by atoms with Gasteiger partial charge in [-0.15, -0.1) is 0 Å². The smallest absolute Gasteiger partial charge is 0.244 e. The molecule has 122 valence electrons. The maximum Gasteiger partial charge on any atom is 0.244 e. The van der Waals surface area contributed by atoms with E-state index in [4.69, 9.17) is 4.52 Å². The van der Waals surface area contributed by atoms with Crippen LogP contribution in [0.25, 0.3) is 11.5 Å². The first-order valence-electron chi connectivity index (χ1n) is 8.50. The maximum absolute atomic E-state index is 10.1. The second-order valence-corrected chi connectivity index (χ2v) is 6.57. The molecule has 0 spiro atoms. The van der Waals surface area contributed by atoms with Crippen molar-refractivity contribution in [3.8, 4) is 11.5 Å². The summed E-state index contributed by atoms with van der Waals surface area (Å²) in [6.45, 7) is 0.705. The summed E-state index contributed by atoms with van der Waals surface area (Å²) < 4.78 is 5.52. The highest BCUT2D eigenvalue weighted by atomic mass is 16.5. The maximum atomic E-state index is 10.1. The number of rotatable bonds is 3. The van der Waals surface area contributed by atoms with Gasteiger partial charge in [0, 0.05) is 18.8 Å². The van der Waals surface area contributed by atoms with Gasteiger partial charge in [-0.3, -0.25) is 9.88 Å². The molecule has 0 amide bonds. The van der Waals surface area contributed by atoms with Crippen molar-refractivity contribution in [2.24, 2.45) is 0 Å². The summed E-state index contributed by atoms with van der Waals surface area (Å²) in [6.07, 6.45) is 8.34. The van der Waals surface area contributed by atoms with Gasteiger partial charge in [-0.2, -0.15) is 4.98 Å². The van der Waals surface area contributed by atoms with E-state index in [2.05, 4.69) is 20.0 Å². The van der Waals surface area contributed by atoms with Crippen LogP contribution in [-0.2, 0) is 0 Å². The molecule has 2 fully saturated rings. The third kappa shape index (κ3) is 3.01. The number of aromatic nitrogens is 3. The molecule has 2 unspecified atom stereocenters. The zero-order valence-electron chi connectivity index (χ0n) is 13.1. The molecule has 6 nitrogen and oxygen atoms in total. The van der Waals surface area contributed by atoms with Crippen molar-refractivity contribution in [1.82, 2.24) is 20.0 Å². The van der Waals surface area contributed by atoms with Gasteiger partial charge in [-0.25, -0.2) is 0 Å². The highest BCUT2D eigenvalue weighted by molar-refractivity contribution is 5.47. The van der Waals surface area contributed by atoms with Crippen LogP contribution in [0.3, 0.4) is 0 Å². The molecule has 2 atom stereocenters. The molecular formula is C17H22N4O2. The molecule has 1 saturated carbocycles. The Kier molecular flexibility index (Phi) is 4.10. The quantitative estimate of drug-likeness (QED) is 0.938. The Balaban J connectivity index is 1.57. The molecule has 0 radical (unpaired) electrons. The topological polar surface area (TPSA) is 75.3 Å². The largest absolute Gasteiger partial charge is 0.392 e. The minimum absolute atomic E-state index is 0.0260. The van der Waals surface area contributed by atoms with Crippen LogP contribution in [0.1, 0.15) is 50.5 Å². The Morgan fingerprint density at radius 1 is 1.17 bits per heavy atom. The van der Waals surface area contributed by atoms with Crippen molar-refractivity contribution in [1.29, 1.82) is 0 Å². The second kappa shape index (κ2) is 6.37. The summed E-state index contributed by atoms with van der Waals surface area (Å²) in [5, 5.41) is 14.2. The number of likely N-dealkylation sites (tertiary alicyclic amines) is 1. The standard InChI is InChI=1S/C17H22N4O2/c22-13-10-15(21(11-13)12-6-2-1-3-7-12)17-19-16(20-23-17)14-8-4-5-9-18-14/h4-5,8-9,12-13,15,22H,1-3,6-7,10-11H2. The molecule has 3 heterocycles. The van der Waals surface area contributed by atoms with Crippen molar-refractivity contribution in [2.75, 3.05) is 6.54 Å². The normalized spacial score (nSPS) is 26.7. The second-order valence-electron chi connectivity index (χ2n) is 6.57. The molecule has 0 bridgehead atoms. The van der Waals surface area contributed by atoms with Crippen molar-refractivity contribution in [3.05, 3.63) is 30.3 Å². The molecule has 1 aliphatic heterocycles. The number of aliphatic hydroxyl groups excluding tert-OH is 1. The fraction of sp³-hybridized carbons (Fsp3) is 0.588. The Bertz CT molecular complexity index is 639. The fourth-order valence-electron chi connectivity index (χ4n) is 3.87. The lowest BCUT2D eigenvalue weighted by molar-refractivity contribution is 0.110. The van der Waals surface area contributed by atoms with Gasteiger partial charge >= 0.3 is 0 Å². The van der Waals surface area contributed by atoms with Gasteiger partial charge in [-0.05, 0) is 31.4 Å². The summed E-state index contributed by atoms with van der Waals surface area (Å²) in [6, 6.07) is 6.19. The number of hydrogen-bond acceptors (Lipinski definition) is 6. The molecule has 2 aromatic heterocycles. The monoisotopic (exact) mass is 314 g/mol. The lowest BCUT2D eigenvalue weighted by Crippen LogP contribution is -2.37. The van der Waals surface area contributed by atoms with Gasteiger partial charge in [0.05, 0.1) is 12.1 Å². The van der Waals surface area contributed by atoms with Gasteiger partial charge in [0.2, 0.25) is 11.7 Å². The molecule has 6 heteroatoms. The first-order chi connectivity index (χ1) is 11.3. The van der Waals surface area contributed by atoms with Crippen LogP contribution in [-0.4, -0.2) is 43.8 Å². The lowest BCUT2D eigenvalue weighted by Gasteiger charge is -2.33. The van der Waals surface area contributed by atoms with E-state index in [0.717, 1.165) is 0 Å². The molecule has 1 aliphatic carbocycles. The fourth-order valence-corrected chi connectivity index (χ4v) is 3.87.